The SMILES string of the molecule is CC(=O)c1ccc(F)cc1OCC1CN(C(C)C)CCO1. The minimum absolute atomic E-state index is 0.0655. The smallest absolute Gasteiger partial charge is 0.163 e. The van der Waals surface area contributed by atoms with Crippen molar-refractivity contribution in [1.29, 1.82) is 0 Å². The molecule has 2 rings (SSSR count). The number of Topliss-reactive ketones (excluding diaryl/α,β-unsaturated/α-hetero) is 1. The highest BCUT2D eigenvalue weighted by molar-refractivity contribution is 5.96. The molecule has 0 aromatic heterocycles. The van der Waals surface area contributed by atoms with Crippen LogP contribution in [0.4, 0.5) is 4.39 Å². The molecule has 116 valence electrons. The van der Waals surface area contributed by atoms with Crippen molar-refractivity contribution >= 4 is 5.78 Å². The van der Waals surface area contributed by atoms with E-state index in [1.54, 1.807) is 0 Å². The van der Waals surface area contributed by atoms with Crippen molar-refractivity contribution in [3.63, 3.8) is 0 Å². The third kappa shape index (κ3) is 4.25. The van der Waals surface area contributed by atoms with Gasteiger partial charge in [0.2, 0.25) is 0 Å². The number of morpholine rings is 1. The quantitative estimate of drug-likeness (QED) is 0.783. The fraction of sp³-hybridized carbons (Fsp3) is 0.562. The van der Waals surface area contributed by atoms with Crippen LogP contribution in [-0.4, -0.2) is 49.1 Å². The van der Waals surface area contributed by atoms with Gasteiger partial charge < -0.3 is 9.47 Å². The number of halogens is 1. The summed E-state index contributed by atoms with van der Waals surface area (Å²) in [5.41, 5.74) is 0.396. The Hall–Kier alpha value is -1.46. The summed E-state index contributed by atoms with van der Waals surface area (Å²) < 4.78 is 24.6. The third-order valence-electron chi connectivity index (χ3n) is 3.65. The molecule has 1 aromatic carbocycles. The van der Waals surface area contributed by atoms with Crippen LogP contribution in [0.2, 0.25) is 0 Å². The molecule has 21 heavy (non-hydrogen) atoms. The Bertz CT molecular complexity index is 504. The summed E-state index contributed by atoms with van der Waals surface area (Å²) in [6.07, 6.45) is -0.0655. The van der Waals surface area contributed by atoms with Crippen molar-refractivity contribution in [3.05, 3.63) is 29.6 Å². The van der Waals surface area contributed by atoms with Crippen molar-refractivity contribution in [2.75, 3.05) is 26.3 Å². The standard InChI is InChI=1S/C16H22FNO3/c1-11(2)18-6-7-20-14(9-18)10-21-16-8-13(17)4-5-15(16)12(3)19/h4-5,8,11,14H,6-7,9-10H2,1-3H3. The van der Waals surface area contributed by atoms with Gasteiger partial charge in [0.1, 0.15) is 24.3 Å². The number of ketones is 1. The van der Waals surface area contributed by atoms with Crippen LogP contribution >= 0.6 is 0 Å². The van der Waals surface area contributed by atoms with Crippen LogP contribution in [0, 0.1) is 5.82 Å². The molecule has 1 fully saturated rings. The van der Waals surface area contributed by atoms with Crippen molar-refractivity contribution in [2.24, 2.45) is 0 Å². The van der Waals surface area contributed by atoms with E-state index in [4.69, 9.17) is 9.47 Å². The van der Waals surface area contributed by atoms with Crippen LogP contribution in [0.15, 0.2) is 18.2 Å². The predicted octanol–water partition coefficient (Wildman–Crippen LogP) is 2.52. The molecular formula is C16H22FNO3. The van der Waals surface area contributed by atoms with Gasteiger partial charge in [0.15, 0.2) is 5.78 Å². The molecule has 1 unspecified atom stereocenters. The lowest BCUT2D eigenvalue weighted by Gasteiger charge is -2.35. The van der Waals surface area contributed by atoms with Gasteiger partial charge >= 0.3 is 0 Å². The van der Waals surface area contributed by atoms with Crippen LogP contribution in [-0.2, 0) is 4.74 Å². The van der Waals surface area contributed by atoms with Crippen molar-refractivity contribution < 1.29 is 18.7 Å². The summed E-state index contributed by atoms with van der Waals surface area (Å²) in [5, 5.41) is 0. The van der Waals surface area contributed by atoms with Gasteiger partial charge in [-0.15, -0.1) is 0 Å². The van der Waals surface area contributed by atoms with E-state index < -0.39 is 5.82 Å². The molecule has 0 radical (unpaired) electrons. The minimum Gasteiger partial charge on any atom is -0.490 e. The number of rotatable bonds is 5. The first kappa shape index (κ1) is 15.9. The van der Waals surface area contributed by atoms with E-state index in [0.29, 0.717) is 24.8 Å². The Morgan fingerprint density at radius 2 is 2.29 bits per heavy atom. The van der Waals surface area contributed by atoms with E-state index in [1.165, 1.54) is 25.1 Å². The first-order valence-corrected chi connectivity index (χ1v) is 7.26. The Balaban J connectivity index is 1.99. The monoisotopic (exact) mass is 295 g/mol. The number of hydrogen-bond donors (Lipinski definition) is 0. The molecule has 5 heteroatoms. The molecule has 0 saturated carbocycles. The number of hydrogen-bond acceptors (Lipinski definition) is 4. The number of nitrogens with zero attached hydrogens (tertiary/aromatic N) is 1. The lowest BCUT2D eigenvalue weighted by atomic mass is 10.1. The van der Waals surface area contributed by atoms with Gasteiger partial charge in [-0.3, -0.25) is 9.69 Å². The molecule has 0 amide bonds. The van der Waals surface area contributed by atoms with Crippen molar-refractivity contribution in [1.82, 2.24) is 4.90 Å². The molecule has 0 N–H and O–H groups in total. The number of carbonyl (C=O) groups excluding carboxylic acids is 1. The lowest BCUT2D eigenvalue weighted by Crippen LogP contribution is -2.47. The summed E-state index contributed by atoms with van der Waals surface area (Å²) in [6, 6.07) is 4.43. The van der Waals surface area contributed by atoms with E-state index in [0.717, 1.165) is 13.1 Å². The molecule has 4 nitrogen and oxygen atoms in total. The van der Waals surface area contributed by atoms with E-state index >= 15 is 0 Å². The summed E-state index contributed by atoms with van der Waals surface area (Å²) in [5.74, 6) is -0.269. The zero-order chi connectivity index (χ0) is 15.4. The highest BCUT2D eigenvalue weighted by atomic mass is 19.1. The summed E-state index contributed by atoms with van der Waals surface area (Å²) in [6.45, 7) is 8.39. The van der Waals surface area contributed by atoms with Crippen LogP contribution in [0.25, 0.3) is 0 Å². The van der Waals surface area contributed by atoms with Crippen molar-refractivity contribution in [3.8, 4) is 5.75 Å². The molecule has 0 spiro atoms. The van der Waals surface area contributed by atoms with Crippen molar-refractivity contribution in [2.45, 2.75) is 32.9 Å². The van der Waals surface area contributed by atoms with Gasteiger partial charge in [-0.2, -0.15) is 0 Å². The van der Waals surface area contributed by atoms with Gasteiger partial charge in [-0.1, -0.05) is 0 Å². The maximum Gasteiger partial charge on any atom is 0.163 e. The first-order valence-electron chi connectivity index (χ1n) is 7.26. The summed E-state index contributed by atoms with van der Waals surface area (Å²) in [4.78, 5) is 13.8. The second kappa shape index (κ2) is 7.00. The molecule has 1 aliphatic heterocycles. The molecule has 1 saturated heterocycles. The molecule has 1 heterocycles. The zero-order valence-corrected chi connectivity index (χ0v) is 12.8. The maximum atomic E-state index is 13.3. The lowest BCUT2D eigenvalue weighted by molar-refractivity contribution is -0.0565. The molecule has 1 aromatic rings. The second-order valence-electron chi connectivity index (χ2n) is 5.59. The second-order valence-corrected chi connectivity index (χ2v) is 5.59. The van der Waals surface area contributed by atoms with Crippen LogP contribution in [0.1, 0.15) is 31.1 Å². The van der Waals surface area contributed by atoms with Crippen LogP contribution < -0.4 is 4.74 Å². The van der Waals surface area contributed by atoms with Gasteiger partial charge in [0.25, 0.3) is 0 Å². The minimum atomic E-state index is -0.414. The average molecular weight is 295 g/mol. The topological polar surface area (TPSA) is 38.8 Å². The van der Waals surface area contributed by atoms with Gasteiger partial charge in [-0.05, 0) is 32.9 Å². The van der Waals surface area contributed by atoms with E-state index in [1.807, 2.05) is 0 Å². The Morgan fingerprint density at radius 3 is 2.95 bits per heavy atom. The first-order chi connectivity index (χ1) is 9.97. The van der Waals surface area contributed by atoms with Crippen LogP contribution in [0.5, 0.6) is 5.75 Å². The molecular weight excluding hydrogens is 273 g/mol. The molecule has 1 aliphatic rings. The maximum absolute atomic E-state index is 13.3. The summed E-state index contributed by atoms with van der Waals surface area (Å²) in [7, 11) is 0. The fourth-order valence-corrected chi connectivity index (χ4v) is 2.40. The molecule has 0 aliphatic carbocycles. The molecule has 1 atom stereocenters. The number of benzene rings is 1. The zero-order valence-electron chi connectivity index (χ0n) is 12.8. The third-order valence-corrected chi connectivity index (χ3v) is 3.65. The fourth-order valence-electron chi connectivity index (χ4n) is 2.40. The van der Waals surface area contributed by atoms with E-state index in [2.05, 4.69) is 18.7 Å². The highest BCUT2D eigenvalue weighted by Crippen LogP contribution is 2.21. The predicted molar refractivity (Wildman–Crippen MR) is 78.3 cm³/mol. The van der Waals surface area contributed by atoms with Gasteiger partial charge in [-0.25, -0.2) is 4.39 Å². The highest BCUT2D eigenvalue weighted by Gasteiger charge is 2.23. The van der Waals surface area contributed by atoms with E-state index in [9.17, 15) is 9.18 Å². The van der Waals surface area contributed by atoms with Crippen LogP contribution in [0.3, 0.4) is 0 Å². The normalized spacial score (nSPS) is 19.8. The Morgan fingerprint density at radius 1 is 1.52 bits per heavy atom. The summed E-state index contributed by atoms with van der Waals surface area (Å²) >= 11 is 0. The largest absolute Gasteiger partial charge is 0.490 e. The van der Waals surface area contributed by atoms with E-state index in [-0.39, 0.29) is 17.6 Å². The average Bonchev–Trinajstić information content (AvgIpc) is 2.45. The number of ether oxygens (including phenoxy) is 2. The number of carbonyl (C=O) groups is 1. The van der Waals surface area contributed by atoms with Gasteiger partial charge in [0.05, 0.1) is 12.2 Å². The van der Waals surface area contributed by atoms with Gasteiger partial charge in [0, 0.05) is 25.2 Å². The molecule has 0 bridgehead atoms. The Labute approximate surface area is 124 Å². The Kier molecular flexibility index (Phi) is 5.31.